The molecule has 0 fully saturated rings. The van der Waals surface area contributed by atoms with E-state index in [2.05, 4.69) is 33.9 Å². The monoisotopic (exact) mass is 371 g/mol. The van der Waals surface area contributed by atoms with Crippen molar-refractivity contribution in [3.05, 3.63) is 51.7 Å². The van der Waals surface area contributed by atoms with Gasteiger partial charge in [-0.1, -0.05) is 13.0 Å². The van der Waals surface area contributed by atoms with Gasteiger partial charge in [0.15, 0.2) is 0 Å². The molecule has 0 aliphatic carbocycles. The molecule has 0 spiro atoms. The Kier molecular flexibility index (Phi) is 6.06. The van der Waals surface area contributed by atoms with E-state index < -0.39 is 0 Å². The van der Waals surface area contributed by atoms with Crippen LogP contribution in [0.3, 0.4) is 0 Å². The summed E-state index contributed by atoms with van der Waals surface area (Å²) in [7, 11) is 0. The molecule has 2 aromatic rings. The lowest BCUT2D eigenvalue weighted by Gasteiger charge is -2.34. The number of nitrogens with one attached hydrogen (secondary N) is 2. The van der Waals surface area contributed by atoms with Gasteiger partial charge in [-0.3, -0.25) is 14.5 Å². The smallest absolute Gasteiger partial charge is 0.251 e. The Morgan fingerprint density at radius 2 is 2.12 bits per heavy atom. The van der Waals surface area contributed by atoms with Crippen LogP contribution in [0.1, 0.15) is 47.1 Å². The predicted molar refractivity (Wildman–Crippen MR) is 106 cm³/mol. The van der Waals surface area contributed by atoms with Crippen molar-refractivity contribution >= 4 is 28.8 Å². The van der Waals surface area contributed by atoms with Crippen molar-refractivity contribution in [3.63, 3.8) is 0 Å². The van der Waals surface area contributed by atoms with Gasteiger partial charge in [-0.25, -0.2) is 0 Å². The molecule has 2 N–H and O–H groups in total. The molecule has 1 aromatic heterocycles. The Bertz CT molecular complexity index is 787. The average molecular weight is 372 g/mol. The maximum atomic E-state index is 12.5. The number of anilines is 1. The summed E-state index contributed by atoms with van der Waals surface area (Å²) < 4.78 is 0. The number of thiophene rings is 1. The van der Waals surface area contributed by atoms with E-state index in [4.69, 9.17) is 0 Å². The predicted octanol–water partition coefficient (Wildman–Crippen LogP) is 3.45. The van der Waals surface area contributed by atoms with Crippen LogP contribution in [-0.4, -0.2) is 36.3 Å². The highest BCUT2D eigenvalue weighted by Crippen LogP contribution is 2.34. The van der Waals surface area contributed by atoms with E-state index in [9.17, 15) is 9.59 Å². The van der Waals surface area contributed by atoms with Crippen molar-refractivity contribution in [1.82, 2.24) is 10.2 Å². The minimum absolute atomic E-state index is 0.0461. The zero-order valence-electron chi connectivity index (χ0n) is 15.2. The molecule has 1 aliphatic rings. The van der Waals surface area contributed by atoms with Crippen LogP contribution in [0.25, 0.3) is 0 Å². The van der Waals surface area contributed by atoms with Gasteiger partial charge in [0.05, 0.1) is 6.54 Å². The van der Waals surface area contributed by atoms with Crippen molar-refractivity contribution in [2.75, 3.05) is 25.0 Å². The number of benzene rings is 1. The van der Waals surface area contributed by atoms with E-state index in [1.54, 1.807) is 18.2 Å². The number of carbonyl (C=O) groups is 2. The molecule has 138 valence electrons. The quantitative estimate of drug-likeness (QED) is 0.818. The van der Waals surface area contributed by atoms with Gasteiger partial charge in [-0.2, -0.15) is 0 Å². The number of fused-ring (bicyclic) bond motifs is 1. The van der Waals surface area contributed by atoms with E-state index in [-0.39, 0.29) is 11.8 Å². The first kappa shape index (κ1) is 18.6. The summed E-state index contributed by atoms with van der Waals surface area (Å²) >= 11 is 1.81. The molecule has 0 unspecified atom stereocenters. The lowest BCUT2D eigenvalue weighted by Crippen LogP contribution is -2.40. The lowest BCUT2D eigenvalue weighted by molar-refractivity contribution is -0.118. The minimum atomic E-state index is -0.129. The number of rotatable bonds is 6. The Morgan fingerprint density at radius 3 is 2.88 bits per heavy atom. The summed E-state index contributed by atoms with van der Waals surface area (Å²) in [5.41, 5.74) is 2.58. The summed E-state index contributed by atoms with van der Waals surface area (Å²) in [4.78, 5) is 28.2. The van der Waals surface area contributed by atoms with Gasteiger partial charge in [0.1, 0.15) is 0 Å². The molecule has 0 radical (unpaired) electrons. The van der Waals surface area contributed by atoms with Gasteiger partial charge in [-0.05, 0) is 55.0 Å². The van der Waals surface area contributed by atoms with E-state index >= 15 is 0 Å². The molecule has 5 nitrogen and oxygen atoms in total. The lowest BCUT2D eigenvalue weighted by atomic mass is 9.98. The molecular formula is C20H25N3O2S. The molecule has 0 saturated carbocycles. The fraction of sp³-hybridized carbons (Fsp3) is 0.400. The maximum Gasteiger partial charge on any atom is 0.251 e. The summed E-state index contributed by atoms with van der Waals surface area (Å²) in [5.74, 6) is -0.175. The third-order valence-electron chi connectivity index (χ3n) is 4.68. The van der Waals surface area contributed by atoms with E-state index in [0.29, 0.717) is 30.4 Å². The number of hydrogen-bond donors (Lipinski definition) is 2. The van der Waals surface area contributed by atoms with Crippen LogP contribution >= 0.6 is 11.3 Å². The second-order valence-electron chi connectivity index (χ2n) is 6.43. The Hall–Kier alpha value is -2.18. The standard InChI is InChI=1S/C20H25N3O2S/c1-3-17-16-9-11-26-18(16)8-10-23(17)13-19(24)22-15-7-5-6-14(12-15)20(25)21-4-2/h5-7,9,11-12,17H,3-4,8,10,13H2,1-2H3,(H,21,25)(H,22,24)/t17-/m1/s1. The van der Waals surface area contributed by atoms with Crippen molar-refractivity contribution in [2.45, 2.75) is 32.7 Å². The Labute approximate surface area is 158 Å². The molecule has 2 amide bonds. The Balaban J connectivity index is 1.64. The molecular weight excluding hydrogens is 346 g/mol. The molecule has 0 bridgehead atoms. The molecule has 0 saturated heterocycles. The molecule has 1 aromatic carbocycles. The number of amides is 2. The fourth-order valence-corrected chi connectivity index (χ4v) is 4.43. The molecule has 1 atom stereocenters. The molecule has 2 heterocycles. The molecule has 1 aliphatic heterocycles. The normalized spacial score (nSPS) is 16.8. The zero-order valence-corrected chi connectivity index (χ0v) is 16.1. The van der Waals surface area contributed by atoms with Crippen molar-refractivity contribution in [2.24, 2.45) is 0 Å². The molecule has 3 rings (SSSR count). The van der Waals surface area contributed by atoms with E-state index in [0.717, 1.165) is 19.4 Å². The first-order valence-electron chi connectivity index (χ1n) is 9.10. The van der Waals surface area contributed by atoms with E-state index in [1.807, 2.05) is 24.3 Å². The fourth-order valence-electron chi connectivity index (χ4n) is 3.50. The van der Waals surface area contributed by atoms with Crippen molar-refractivity contribution in [1.29, 1.82) is 0 Å². The van der Waals surface area contributed by atoms with Crippen LogP contribution in [0.5, 0.6) is 0 Å². The van der Waals surface area contributed by atoms with Crippen molar-refractivity contribution < 1.29 is 9.59 Å². The van der Waals surface area contributed by atoms with Gasteiger partial charge in [0, 0.05) is 35.3 Å². The largest absolute Gasteiger partial charge is 0.352 e. The van der Waals surface area contributed by atoms with Crippen molar-refractivity contribution in [3.8, 4) is 0 Å². The number of carbonyl (C=O) groups excluding carboxylic acids is 2. The second-order valence-corrected chi connectivity index (χ2v) is 7.43. The third kappa shape index (κ3) is 4.14. The highest BCUT2D eigenvalue weighted by Gasteiger charge is 2.28. The van der Waals surface area contributed by atoms with Gasteiger partial charge >= 0.3 is 0 Å². The molecule has 26 heavy (non-hydrogen) atoms. The van der Waals surface area contributed by atoms with Gasteiger partial charge in [-0.15, -0.1) is 11.3 Å². The van der Waals surface area contributed by atoms with Crippen LogP contribution in [0, 0.1) is 0 Å². The SMILES string of the molecule is CCNC(=O)c1cccc(NC(=O)CN2CCc3sccc3[C@H]2CC)c1. The van der Waals surface area contributed by atoms with E-state index in [1.165, 1.54) is 10.4 Å². The first-order chi connectivity index (χ1) is 12.6. The third-order valence-corrected chi connectivity index (χ3v) is 5.68. The maximum absolute atomic E-state index is 12.5. The van der Waals surface area contributed by atoms with Crippen LogP contribution in [-0.2, 0) is 11.2 Å². The molecule has 6 heteroatoms. The zero-order chi connectivity index (χ0) is 18.5. The summed E-state index contributed by atoms with van der Waals surface area (Å²) in [5, 5.41) is 7.84. The van der Waals surface area contributed by atoms with Crippen LogP contribution in [0.15, 0.2) is 35.7 Å². The van der Waals surface area contributed by atoms with Gasteiger partial charge in [0.25, 0.3) is 5.91 Å². The number of nitrogens with zero attached hydrogens (tertiary/aromatic N) is 1. The minimum Gasteiger partial charge on any atom is -0.352 e. The summed E-state index contributed by atoms with van der Waals surface area (Å²) in [6, 6.07) is 9.55. The van der Waals surface area contributed by atoms with Gasteiger partial charge < -0.3 is 10.6 Å². The highest BCUT2D eigenvalue weighted by molar-refractivity contribution is 7.10. The summed E-state index contributed by atoms with van der Waals surface area (Å²) in [6.07, 6.45) is 1.99. The number of hydrogen-bond acceptors (Lipinski definition) is 4. The second kappa shape index (κ2) is 8.47. The highest BCUT2D eigenvalue weighted by atomic mass is 32.1. The topological polar surface area (TPSA) is 61.4 Å². The Morgan fingerprint density at radius 1 is 1.27 bits per heavy atom. The van der Waals surface area contributed by atoms with Crippen LogP contribution in [0.4, 0.5) is 5.69 Å². The van der Waals surface area contributed by atoms with Gasteiger partial charge in [0.2, 0.25) is 5.91 Å². The van der Waals surface area contributed by atoms with Crippen LogP contribution < -0.4 is 10.6 Å². The average Bonchev–Trinajstić information content (AvgIpc) is 3.10. The summed E-state index contributed by atoms with van der Waals surface area (Å²) in [6.45, 7) is 5.88. The van der Waals surface area contributed by atoms with Crippen LogP contribution in [0.2, 0.25) is 0 Å². The first-order valence-corrected chi connectivity index (χ1v) is 9.98.